The zero-order valence-corrected chi connectivity index (χ0v) is 9.02. The maximum Gasteiger partial charge on any atom is 0.0589 e. The van der Waals surface area contributed by atoms with Crippen molar-refractivity contribution < 1.29 is 9.84 Å². The van der Waals surface area contributed by atoms with Gasteiger partial charge in [-0.3, -0.25) is 4.98 Å². The van der Waals surface area contributed by atoms with Crippen LogP contribution in [0.25, 0.3) is 0 Å². The molecule has 3 nitrogen and oxygen atoms in total. The van der Waals surface area contributed by atoms with Gasteiger partial charge < -0.3 is 9.84 Å². The van der Waals surface area contributed by atoms with E-state index in [9.17, 15) is 5.11 Å². The maximum absolute atomic E-state index is 9.41. The van der Waals surface area contributed by atoms with Crippen LogP contribution in [0, 0.1) is 5.92 Å². The van der Waals surface area contributed by atoms with Crippen molar-refractivity contribution in [2.24, 2.45) is 5.92 Å². The van der Waals surface area contributed by atoms with Gasteiger partial charge in [-0.15, -0.1) is 0 Å². The van der Waals surface area contributed by atoms with Crippen molar-refractivity contribution in [3.63, 3.8) is 0 Å². The van der Waals surface area contributed by atoms with Gasteiger partial charge in [0.2, 0.25) is 0 Å². The zero-order valence-electron chi connectivity index (χ0n) is 9.02. The summed E-state index contributed by atoms with van der Waals surface area (Å²) in [5.41, 5.74) is 1.19. The lowest BCUT2D eigenvalue weighted by molar-refractivity contribution is -0.101. The van der Waals surface area contributed by atoms with Crippen LogP contribution in [0.15, 0.2) is 24.5 Å². The molecule has 0 aromatic carbocycles. The number of ether oxygens (including phenoxy) is 1. The third-order valence-electron chi connectivity index (χ3n) is 3.45. The molecule has 1 aliphatic heterocycles. The van der Waals surface area contributed by atoms with Crippen molar-refractivity contribution >= 4 is 0 Å². The Hall–Kier alpha value is -0.930. The predicted molar refractivity (Wildman–Crippen MR) is 57.6 cm³/mol. The smallest absolute Gasteiger partial charge is 0.0589 e. The predicted octanol–water partition coefficient (Wildman–Crippen LogP) is 1.37. The van der Waals surface area contributed by atoms with Gasteiger partial charge in [0.1, 0.15) is 0 Å². The number of hydrogen-bond donors (Lipinski definition) is 1. The molecule has 82 valence electrons. The van der Waals surface area contributed by atoms with Gasteiger partial charge in [0.25, 0.3) is 0 Å². The van der Waals surface area contributed by atoms with Gasteiger partial charge in [0.15, 0.2) is 0 Å². The molecule has 0 aliphatic carbocycles. The minimum Gasteiger partial charge on any atom is -0.396 e. The average Bonchev–Trinajstić information content (AvgIpc) is 2.24. The van der Waals surface area contributed by atoms with Crippen LogP contribution in [0.3, 0.4) is 0 Å². The Kier molecular flexibility index (Phi) is 3.03. The lowest BCUT2D eigenvalue weighted by Gasteiger charge is -2.46. The van der Waals surface area contributed by atoms with Crippen LogP contribution in [0.5, 0.6) is 0 Å². The molecule has 15 heavy (non-hydrogen) atoms. The minimum atomic E-state index is -0.00222. The summed E-state index contributed by atoms with van der Waals surface area (Å²) in [6.45, 7) is 3.74. The van der Waals surface area contributed by atoms with E-state index in [2.05, 4.69) is 18.0 Å². The van der Waals surface area contributed by atoms with Gasteiger partial charge in [-0.1, -0.05) is 19.4 Å². The van der Waals surface area contributed by atoms with E-state index < -0.39 is 0 Å². The molecule has 2 heterocycles. The Balaban J connectivity index is 2.29. The first-order valence-electron chi connectivity index (χ1n) is 5.42. The average molecular weight is 207 g/mol. The Morgan fingerprint density at radius 2 is 2.40 bits per heavy atom. The number of aromatic nitrogens is 1. The largest absolute Gasteiger partial charge is 0.396 e. The second-order valence-corrected chi connectivity index (χ2v) is 4.18. The lowest BCUT2D eigenvalue weighted by Crippen LogP contribution is -2.53. The van der Waals surface area contributed by atoms with E-state index in [0.717, 1.165) is 6.42 Å². The van der Waals surface area contributed by atoms with Gasteiger partial charge in [-0.25, -0.2) is 0 Å². The van der Waals surface area contributed by atoms with Crippen molar-refractivity contribution in [3.05, 3.63) is 30.1 Å². The summed E-state index contributed by atoms with van der Waals surface area (Å²) in [7, 11) is 0. The maximum atomic E-state index is 9.41. The van der Waals surface area contributed by atoms with Gasteiger partial charge in [-0.05, 0) is 17.5 Å². The fraction of sp³-hybridized carbons (Fsp3) is 0.583. The molecule has 0 radical (unpaired) electrons. The third-order valence-corrected chi connectivity index (χ3v) is 3.45. The van der Waals surface area contributed by atoms with Crippen molar-refractivity contribution in [2.45, 2.75) is 18.8 Å². The van der Waals surface area contributed by atoms with Crippen LogP contribution >= 0.6 is 0 Å². The molecule has 1 unspecified atom stereocenters. The van der Waals surface area contributed by atoms with E-state index in [1.165, 1.54) is 5.56 Å². The molecule has 1 aromatic heterocycles. The second kappa shape index (κ2) is 4.29. The van der Waals surface area contributed by atoms with Crippen LogP contribution in [0.1, 0.15) is 18.9 Å². The lowest BCUT2D eigenvalue weighted by atomic mass is 9.68. The molecule has 0 amide bonds. The molecule has 1 aliphatic rings. The number of hydrogen-bond acceptors (Lipinski definition) is 3. The molecule has 0 saturated carbocycles. The fourth-order valence-corrected chi connectivity index (χ4v) is 2.31. The summed E-state index contributed by atoms with van der Waals surface area (Å²) < 4.78 is 5.34. The molecule has 1 atom stereocenters. The molecule has 1 saturated heterocycles. The van der Waals surface area contributed by atoms with Crippen LogP contribution in [-0.2, 0) is 10.2 Å². The Labute approximate surface area is 90.1 Å². The minimum absolute atomic E-state index is 0.00222. The molecule has 1 N–H and O–H groups in total. The van der Waals surface area contributed by atoms with Gasteiger partial charge >= 0.3 is 0 Å². The highest BCUT2D eigenvalue weighted by atomic mass is 16.5. The van der Waals surface area contributed by atoms with E-state index in [1.807, 2.05) is 12.3 Å². The number of nitrogens with zero attached hydrogens (tertiary/aromatic N) is 1. The third kappa shape index (κ3) is 1.66. The molecule has 1 fully saturated rings. The number of pyridine rings is 1. The second-order valence-electron chi connectivity index (χ2n) is 4.18. The zero-order chi connectivity index (χ0) is 10.7. The van der Waals surface area contributed by atoms with Gasteiger partial charge in [0.05, 0.1) is 13.2 Å². The van der Waals surface area contributed by atoms with E-state index in [1.54, 1.807) is 6.20 Å². The number of aliphatic hydroxyl groups is 1. The summed E-state index contributed by atoms with van der Waals surface area (Å²) >= 11 is 0. The first-order chi connectivity index (χ1) is 7.33. The highest BCUT2D eigenvalue weighted by Gasteiger charge is 2.46. The normalized spacial score (nSPS) is 20.7. The summed E-state index contributed by atoms with van der Waals surface area (Å²) in [5, 5.41) is 9.41. The van der Waals surface area contributed by atoms with Crippen molar-refractivity contribution in [2.75, 3.05) is 19.8 Å². The quantitative estimate of drug-likeness (QED) is 0.810. The van der Waals surface area contributed by atoms with E-state index in [4.69, 9.17) is 4.74 Å². The number of aliphatic hydroxyl groups excluding tert-OH is 1. The van der Waals surface area contributed by atoms with Crippen LogP contribution in [0.4, 0.5) is 0 Å². The molecule has 3 heteroatoms. The van der Waals surface area contributed by atoms with Crippen LogP contribution in [0.2, 0.25) is 0 Å². The Morgan fingerprint density at radius 3 is 2.80 bits per heavy atom. The Bertz CT molecular complexity index is 305. The summed E-state index contributed by atoms with van der Waals surface area (Å²) in [6, 6.07) is 4.02. The van der Waals surface area contributed by atoms with Crippen LogP contribution in [-0.4, -0.2) is 29.9 Å². The molecule has 0 bridgehead atoms. The topological polar surface area (TPSA) is 42.4 Å². The van der Waals surface area contributed by atoms with Gasteiger partial charge in [0, 0.05) is 24.4 Å². The van der Waals surface area contributed by atoms with Crippen molar-refractivity contribution in [1.82, 2.24) is 4.98 Å². The molecular weight excluding hydrogens is 190 g/mol. The van der Waals surface area contributed by atoms with E-state index in [-0.39, 0.29) is 17.9 Å². The molecule has 0 spiro atoms. The fourth-order valence-electron chi connectivity index (χ4n) is 2.31. The molecule has 2 rings (SSSR count). The SMILES string of the molecule is CCC(CO)C1(c2cccnc2)COC1. The highest BCUT2D eigenvalue weighted by Crippen LogP contribution is 2.40. The summed E-state index contributed by atoms with van der Waals surface area (Å²) in [5.74, 6) is 0.274. The summed E-state index contributed by atoms with van der Waals surface area (Å²) in [6.07, 6.45) is 4.63. The standard InChI is InChI=1S/C12H17NO2/c1-2-10(7-14)12(8-15-9-12)11-4-3-5-13-6-11/h3-6,10,14H,2,7-9H2,1H3. The summed E-state index contributed by atoms with van der Waals surface area (Å²) in [4.78, 5) is 4.15. The van der Waals surface area contributed by atoms with Crippen molar-refractivity contribution in [1.29, 1.82) is 0 Å². The first kappa shape index (κ1) is 10.6. The molecular formula is C12H17NO2. The van der Waals surface area contributed by atoms with Crippen LogP contribution < -0.4 is 0 Å². The highest BCUT2D eigenvalue weighted by molar-refractivity contribution is 5.26. The van der Waals surface area contributed by atoms with Crippen molar-refractivity contribution in [3.8, 4) is 0 Å². The van der Waals surface area contributed by atoms with Gasteiger partial charge in [-0.2, -0.15) is 0 Å². The Morgan fingerprint density at radius 1 is 1.60 bits per heavy atom. The first-order valence-corrected chi connectivity index (χ1v) is 5.42. The van der Waals surface area contributed by atoms with E-state index >= 15 is 0 Å². The van der Waals surface area contributed by atoms with E-state index in [0.29, 0.717) is 13.2 Å². The number of rotatable bonds is 4. The monoisotopic (exact) mass is 207 g/mol. The molecule has 1 aromatic rings.